The molecule has 29 heavy (non-hydrogen) atoms. The van der Waals surface area contributed by atoms with Gasteiger partial charge in [0.2, 0.25) is 0 Å². The quantitative estimate of drug-likeness (QED) is 0.215. The molecule has 0 fully saturated rings. The standard InChI is InChI=1S/C24H18O5/c1-27-20-9-5-3-7-17(20)11-13-22(25)28-15-18-14-23(26)29-21-12-10-16-6-2-4-8-19(16)24(18)21/h2-14H,15H2,1H3. The third kappa shape index (κ3) is 3.89. The first-order chi connectivity index (χ1) is 14.2. The van der Waals surface area contributed by atoms with Gasteiger partial charge in [0.25, 0.3) is 0 Å². The van der Waals surface area contributed by atoms with Crippen molar-refractivity contribution >= 4 is 33.8 Å². The van der Waals surface area contributed by atoms with Crippen LogP contribution in [-0.4, -0.2) is 13.1 Å². The molecule has 5 heteroatoms. The number of para-hydroxylation sites is 1. The molecule has 0 atom stereocenters. The SMILES string of the molecule is COc1ccccc1C=CC(=O)OCc1cc(=O)oc2ccc3ccccc3c12. The van der Waals surface area contributed by atoms with Crippen LogP contribution in [-0.2, 0) is 16.1 Å². The molecule has 4 aromatic rings. The van der Waals surface area contributed by atoms with Gasteiger partial charge in [0, 0.05) is 28.7 Å². The molecule has 1 aromatic heterocycles. The minimum absolute atomic E-state index is 0.0365. The van der Waals surface area contributed by atoms with Crippen LogP contribution >= 0.6 is 0 Å². The van der Waals surface area contributed by atoms with Gasteiger partial charge in [-0.1, -0.05) is 48.5 Å². The van der Waals surface area contributed by atoms with Gasteiger partial charge in [-0.25, -0.2) is 9.59 Å². The minimum atomic E-state index is -0.516. The van der Waals surface area contributed by atoms with Crippen LogP contribution in [0.15, 0.2) is 82.0 Å². The monoisotopic (exact) mass is 386 g/mol. The van der Waals surface area contributed by atoms with E-state index in [9.17, 15) is 9.59 Å². The molecular weight excluding hydrogens is 368 g/mol. The maximum absolute atomic E-state index is 12.2. The highest BCUT2D eigenvalue weighted by Crippen LogP contribution is 2.27. The van der Waals surface area contributed by atoms with Crippen LogP contribution in [0.4, 0.5) is 0 Å². The van der Waals surface area contributed by atoms with Crippen molar-refractivity contribution in [2.75, 3.05) is 7.11 Å². The highest BCUT2D eigenvalue weighted by molar-refractivity contribution is 6.07. The summed E-state index contributed by atoms with van der Waals surface area (Å²) >= 11 is 0. The average molecular weight is 386 g/mol. The Balaban J connectivity index is 1.61. The first-order valence-electron chi connectivity index (χ1n) is 9.08. The minimum Gasteiger partial charge on any atom is -0.496 e. The zero-order chi connectivity index (χ0) is 20.2. The van der Waals surface area contributed by atoms with Crippen molar-refractivity contribution in [1.82, 2.24) is 0 Å². The Hall–Kier alpha value is -3.86. The second-order valence-electron chi connectivity index (χ2n) is 6.43. The van der Waals surface area contributed by atoms with Crippen molar-refractivity contribution in [1.29, 1.82) is 0 Å². The van der Waals surface area contributed by atoms with Gasteiger partial charge < -0.3 is 13.9 Å². The second-order valence-corrected chi connectivity index (χ2v) is 6.43. The lowest BCUT2D eigenvalue weighted by atomic mass is 10.0. The predicted octanol–water partition coefficient (Wildman–Crippen LogP) is 4.71. The average Bonchev–Trinajstić information content (AvgIpc) is 2.75. The van der Waals surface area contributed by atoms with E-state index in [1.807, 2.05) is 54.6 Å². The number of carbonyl (C=O) groups is 1. The number of carbonyl (C=O) groups excluding carboxylic acids is 1. The Bertz CT molecular complexity index is 1280. The first-order valence-corrected chi connectivity index (χ1v) is 9.08. The predicted molar refractivity (Wildman–Crippen MR) is 112 cm³/mol. The summed E-state index contributed by atoms with van der Waals surface area (Å²) < 4.78 is 16.0. The fourth-order valence-electron chi connectivity index (χ4n) is 3.29. The third-order valence-electron chi connectivity index (χ3n) is 4.62. The zero-order valence-electron chi connectivity index (χ0n) is 15.8. The van der Waals surface area contributed by atoms with Crippen molar-refractivity contribution < 1.29 is 18.7 Å². The van der Waals surface area contributed by atoms with Gasteiger partial charge in [-0.3, -0.25) is 0 Å². The maximum atomic E-state index is 12.2. The maximum Gasteiger partial charge on any atom is 0.336 e. The zero-order valence-corrected chi connectivity index (χ0v) is 15.8. The number of hydrogen-bond acceptors (Lipinski definition) is 5. The van der Waals surface area contributed by atoms with Gasteiger partial charge in [-0.2, -0.15) is 0 Å². The fraction of sp³-hybridized carbons (Fsp3) is 0.0833. The number of fused-ring (bicyclic) bond motifs is 3. The molecule has 0 saturated heterocycles. The van der Waals surface area contributed by atoms with Gasteiger partial charge in [-0.15, -0.1) is 0 Å². The summed E-state index contributed by atoms with van der Waals surface area (Å²) in [4.78, 5) is 24.2. The Kier molecular flexibility index (Phi) is 5.12. The molecule has 0 aliphatic carbocycles. The molecule has 0 aliphatic rings. The molecule has 0 saturated carbocycles. The van der Waals surface area contributed by atoms with Crippen LogP contribution in [0, 0.1) is 0 Å². The van der Waals surface area contributed by atoms with Crippen LogP contribution < -0.4 is 10.4 Å². The van der Waals surface area contributed by atoms with Gasteiger partial charge in [0.1, 0.15) is 17.9 Å². The van der Waals surface area contributed by atoms with E-state index >= 15 is 0 Å². The smallest absolute Gasteiger partial charge is 0.336 e. The Morgan fingerprint density at radius 1 is 1.03 bits per heavy atom. The Labute approximate surface area is 166 Å². The summed E-state index contributed by atoms with van der Waals surface area (Å²) in [6.45, 7) is -0.0365. The molecule has 0 bridgehead atoms. The fourth-order valence-corrected chi connectivity index (χ4v) is 3.29. The highest BCUT2D eigenvalue weighted by atomic mass is 16.5. The molecule has 0 radical (unpaired) electrons. The van der Waals surface area contributed by atoms with Crippen molar-refractivity contribution in [3.63, 3.8) is 0 Å². The topological polar surface area (TPSA) is 65.7 Å². The molecule has 0 amide bonds. The number of benzene rings is 3. The van der Waals surface area contributed by atoms with Gasteiger partial charge >= 0.3 is 11.6 Å². The van der Waals surface area contributed by atoms with E-state index in [0.29, 0.717) is 16.9 Å². The molecule has 0 N–H and O–H groups in total. The van der Waals surface area contributed by atoms with E-state index in [0.717, 1.165) is 21.7 Å². The van der Waals surface area contributed by atoms with E-state index in [-0.39, 0.29) is 6.61 Å². The van der Waals surface area contributed by atoms with Crippen molar-refractivity contribution in [2.24, 2.45) is 0 Å². The van der Waals surface area contributed by atoms with Crippen LogP contribution in [0.1, 0.15) is 11.1 Å². The second kappa shape index (κ2) is 8.02. The van der Waals surface area contributed by atoms with Crippen LogP contribution in [0.25, 0.3) is 27.8 Å². The van der Waals surface area contributed by atoms with E-state index in [1.165, 1.54) is 12.1 Å². The summed E-state index contributed by atoms with van der Waals surface area (Å²) in [6.07, 6.45) is 2.97. The Morgan fingerprint density at radius 2 is 1.83 bits per heavy atom. The lowest BCUT2D eigenvalue weighted by Crippen LogP contribution is -2.06. The number of ether oxygens (including phenoxy) is 2. The number of esters is 1. The van der Waals surface area contributed by atoms with Crippen LogP contribution in [0.5, 0.6) is 5.75 Å². The molecule has 5 nitrogen and oxygen atoms in total. The molecule has 144 valence electrons. The highest BCUT2D eigenvalue weighted by Gasteiger charge is 2.11. The van der Waals surface area contributed by atoms with E-state index in [2.05, 4.69) is 0 Å². The van der Waals surface area contributed by atoms with Crippen LogP contribution in [0.2, 0.25) is 0 Å². The van der Waals surface area contributed by atoms with E-state index in [1.54, 1.807) is 19.3 Å². The molecule has 0 spiro atoms. The van der Waals surface area contributed by atoms with Gasteiger partial charge in [0.05, 0.1) is 7.11 Å². The number of hydrogen-bond donors (Lipinski definition) is 0. The van der Waals surface area contributed by atoms with Crippen LogP contribution in [0.3, 0.4) is 0 Å². The lowest BCUT2D eigenvalue weighted by Gasteiger charge is -2.09. The molecule has 1 heterocycles. The Morgan fingerprint density at radius 3 is 2.69 bits per heavy atom. The van der Waals surface area contributed by atoms with Crippen molar-refractivity contribution in [3.8, 4) is 5.75 Å². The number of rotatable bonds is 5. The van der Waals surface area contributed by atoms with E-state index < -0.39 is 11.6 Å². The third-order valence-corrected chi connectivity index (χ3v) is 4.62. The normalized spacial score (nSPS) is 11.2. The molecule has 4 rings (SSSR count). The first kappa shape index (κ1) is 18.5. The van der Waals surface area contributed by atoms with E-state index in [4.69, 9.17) is 13.9 Å². The van der Waals surface area contributed by atoms with Crippen molar-refractivity contribution in [3.05, 3.63) is 94.4 Å². The van der Waals surface area contributed by atoms with Crippen molar-refractivity contribution in [2.45, 2.75) is 6.61 Å². The van der Waals surface area contributed by atoms with Gasteiger partial charge in [0.15, 0.2) is 0 Å². The summed E-state index contributed by atoms with van der Waals surface area (Å²) in [5, 5.41) is 2.71. The summed E-state index contributed by atoms with van der Waals surface area (Å²) in [6, 6.07) is 20.2. The molecular formula is C24H18O5. The largest absolute Gasteiger partial charge is 0.496 e. The molecule has 0 unspecified atom stereocenters. The summed E-state index contributed by atoms with van der Waals surface area (Å²) in [5.41, 5.74) is 1.35. The lowest BCUT2D eigenvalue weighted by molar-refractivity contribution is -0.138. The number of methoxy groups -OCH3 is 1. The van der Waals surface area contributed by atoms with Gasteiger partial charge in [-0.05, 0) is 29.0 Å². The molecule has 0 aliphatic heterocycles. The summed E-state index contributed by atoms with van der Waals surface area (Å²) in [7, 11) is 1.57. The summed E-state index contributed by atoms with van der Waals surface area (Å²) in [5.74, 6) is 0.146. The molecule has 3 aromatic carbocycles.